The third kappa shape index (κ3) is 6.02. The van der Waals surface area contributed by atoms with Gasteiger partial charge in [-0.05, 0) is 0 Å². The van der Waals surface area contributed by atoms with Crippen molar-refractivity contribution in [1.29, 1.82) is 5.41 Å². The van der Waals surface area contributed by atoms with E-state index in [9.17, 15) is 58.7 Å². The quantitative estimate of drug-likeness (QED) is 0.128. The molecule has 6 unspecified atom stereocenters. The van der Waals surface area contributed by atoms with E-state index in [4.69, 9.17) is 24.2 Å². The Morgan fingerprint density at radius 2 is 1.72 bits per heavy atom. The van der Waals surface area contributed by atoms with Crippen LogP contribution >= 0.6 is 23.5 Å². The molecule has 1 aliphatic carbocycles. The van der Waals surface area contributed by atoms with Crippen LogP contribution in [0.15, 0.2) is 42.9 Å². The number of fused-ring (bicyclic) bond motifs is 2. The van der Waals surface area contributed by atoms with Crippen molar-refractivity contribution < 1.29 is 75.1 Å². The molecule has 3 aliphatic heterocycles. The van der Waals surface area contributed by atoms with E-state index in [1.807, 2.05) is 0 Å². The number of allylic oxidation sites excluding steroid dienone is 1. The predicted octanol–water partition coefficient (Wildman–Crippen LogP) is -0.427. The molecular formula is C16H12N8O19P3-. The summed E-state index contributed by atoms with van der Waals surface area (Å²) in [6, 6.07) is -3.62. The van der Waals surface area contributed by atoms with Gasteiger partial charge in [0, 0.05) is 4.92 Å². The summed E-state index contributed by atoms with van der Waals surface area (Å²) in [4.78, 5) is 82.9. The Labute approximate surface area is 250 Å². The van der Waals surface area contributed by atoms with Crippen molar-refractivity contribution in [3.05, 3.63) is 59.6 Å². The first-order valence-electron chi connectivity index (χ1n) is 11.4. The molecule has 4 aliphatic rings. The molecule has 0 amide bonds. The number of phosphoric ester groups is 1. The van der Waals surface area contributed by atoms with Gasteiger partial charge in [-0.2, -0.15) is 4.31 Å². The highest BCUT2D eigenvalue weighted by Gasteiger charge is 2.69. The topological polar surface area (TPSA) is 388 Å². The maximum absolute atomic E-state index is 12.3. The molecule has 0 saturated heterocycles. The van der Waals surface area contributed by atoms with Gasteiger partial charge in [0.25, 0.3) is 19.4 Å². The molecule has 0 radical (unpaired) electrons. The maximum atomic E-state index is 12.3. The summed E-state index contributed by atoms with van der Waals surface area (Å²) in [7, 11) is -17.9. The lowest BCUT2D eigenvalue weighted by molar-refractivity contribution is -0.559. The van der Waals surface area contributed by atoms with Gasteiger partial charge in [0.05, 0.1) is 28.3 Å². The molecule has 0 bridgehead atoms. The van der Waals surface area contributed by atoms with Crippen molar-refractivity contribution in [2.24, 2.45) is 15.0 Å². The minimum absolute atomic E-state index is 0.107. The minimum Gasteiger partial charge on any atom is -0.756 e. The molecule has 6 atom stereocenters. The normalized spacial score (nSPS) is 26.8. The lowest BCUT2D eigenvalue weighted by Crippen LogP contribution is -2.57. The van der Waals surface area contributed by atoms with E-state index >= 15 is 0 Å². The summed E-state index contributed by atoms with van der Waals surface area (Å²) in [5.74, 6) is -6.48. The number of phosphoric acid groups is 3. The third-order valence-electron chi connectivity index (χ3n) is 5.83. The molecule has 27 nitrogen and oxygen atoms in total. The van der Waals surface area contributed by atoms with E-state index in [2.05, 4.69) is 28.1 Å². The van der Waals surface area contributed by atoms with Crippen LogP contribution in [0.1, 0.15) is 5.76 Å². The van der Waals surface area contributed by atoms with Gasteiger partial charge < -0.3 is 33.5 Å². The maximum Gasteiger partial charge on any atom is 0.487 e. The average molecular weight is 713 g/mol. The van der Waals surface area contributed by atoms with Crippen molar-refractivity contribution in [2.75, 3.05) is 4.90 Å². The molecule has 0 aromatic carbocycles. The smallest absolute Gasteiger partial charge is 0.487 e. The van der Waals surface area contributed by atoms with E-state index in [0.717, 1.165) is 17.6 Å². The number of aliphatic imine (C=N–C) groups is 3. The monoisotopic (exact) mass is 713 g/mol. The second-order valence-corrected chi connectivity index (χ2v) is 13.1. The van der Waals surface area contributed by atoms with Crippen LogP contribution in [0.2, 0.25) is 0 Å². The van der Waals surface area contributed by atoms with Crippen LogP contribution in [0.5, 0.6) is 11.5 Å². The Balaban J connectivity index is 1.57. The SMILES string of the molecule is N=C1N=CN=C2C1N=CN2c1oc(COP(=O)(O)OP(=O)(O)OP(=O)([O-])O)c2c1OC1(O2)C([N+](=O)[O-])=CC([N+](=O)[O-])=CC1[N+](=O)[O-]. The largest absolute Gasteiger partial charge is 0.756 e. The number of anilines is 1. The fourth-order valence-electron chi connectivity index (χ4n) is 4.17. The first-order valence-corrected chi connectivity index (χ1v) is 15.9. The molecule has 46 heavy (non-hydrogen) atoms. The van der Waals surface area contributed by atoms with Gasteiger partial charge in [0.2, 0.25) is 11.5 Å². The van der Waals surface area contributed by atoms with Crippen LogP contribution < -0.4 is 19.3 Å². The van der Waals surface area contributed by atoms with Gasteiger partial charge in [-0.3, -0.25) is 54.7 Å². The van der Waals surface area contributed by atoms with Crippen LogP contribution in [0.3, 0.4) is 0 Å². The van der Waals surface area contributed by atoms with Crippen molar-refractivity contribution in [3.63, 3.8) is 0 Å². The zero-order valence-electron chi connectivity index (χ0n) is 21.5. The number of nitro groups is 3. The zero-order chi connectivity index (χ0) is 34.0. The van der Waals surface area contributed by atoms with Crippen molar-refractivity contribution in [2.45, 2.75) is 24.5 Å². The molecule has 1 spiro atoms. The first-order chi connectivity index (χ1) is 21.2. The summed E-state index contributed by atoms with van der Waals surface area (Å²) < 4.78 is 63.0. The molecule has 246 valence electrons. The molecule has 5 rings (SSSR count). The van der Waals surface area contributed by atoms with E-state index in [0.29, 0.717) is 12.2 Å². The number of hydrogen-bond donors (Lipinski definition) is 4. The van der Waals surface area contributed by atoms with Gasteiger partial charge in [-0.25, -0.2) is 23.4 Å². The number of amidine groups is 2. The Kier molecular flexibility index (Phi) is 7.89. The Morgan fingerprint density at radius 1 is 1.04 bits per heavy atom. The second-order valence-electron chi connectivity index (χ2n) is 8.72. The highest BCUT2D eigenvalue weighted by atomic mass is 31.3. The van der Waals surface area contributed by atoms with E-state index < -0.39 is 97.3 Å². The van der Waals surface area contributed by atoms with Gasteiger partial charge >= 0.3 is 33.2 Å². The fraction of sp³-hybridized carbons (Fsp3) is 0.250. The predicted molar refractivity (Wildman–Crippen MR) is 138 cm³/mol. The van der Waals surface area contributed by atoms with Gasteiger partial charge in [0.15, 0.2) is 23.5 Å². The van der Waals surface area contributed by atoms with Crippen LogP contribution in [0.25, 0.3) is 0 Å². The first kappa shape index (κ1) is 32.8. The van der Waals surface area contributed by atoms with Crippen LogP contribution in [-0.4, -0.2) is 71.7 Å². The zero-order valence-corrected chi connectivity index (χ0v) is 24.2. The van der Waals surface area contributed by atoms with Crippen molar-refractivity contribution in [3.8, 4) is 11.5 Å². The standard InChI is InChI=1S/C16H13N8O19P3/c17-13-10-14(19-4-18-13)21(5-20-10)15-12-11(7(39-15)3-38-45(34,35)43-46(36,37)42-44(31,32)33)40-16(41-12)8(23(27)28)1-6(22(25)26)2-9(16)24(29)30/h1-2,4-5,8,10,17H,3H2,(H,34,35)(H,36,37)(H2,31,32,33)/p-1. The number of hydrogen-bond acceptors (Lipinski definition) is 20. The molecule has 4 heterocycles. The summed E-state index contributed by atoms with van der Waals surface area (Å²) in [6.45, 7) is -1.38. The summed E-state index contributed by atoms with van der Waals surface area (Å²) >= 11 is 0. The molecule has 1 aromatic rings. The van der Waals surface area contributed by atoms with Crippen molar-refractivity contribution >= 4 is 53.7 Å². The number of nitrogens with one attached hydrogen (secondary N) is 1. The lowest BCUT2D eigenvalue weighted by Gasteiger charge is -2.27. The molecule has 30 heteroatoms. The number of rotatable bonds is 11. The number of nitrogens with zero attached hydrogens (tertiary/aromatic N) is 7. The lowest BCUT2D eigenvalue weighted by atomic mass is 9.96. The Morgan fingerprint density at radius 3 is 2.33 bits per heavy atom. The Bertz CT molecular complexity index is 1890. The molecular weight excluding hydrogens is 701 g/mol. The van der Waals surface area contributed by atoms with Gasteiger partial charge in [0.1, 0.15) is 12.9 Å². The fourth-order valence-corrected chi connectivity index (χ4v) is 7.11. The summed E-state index contributed by atoms with van der Waals surface area (Å²) in [5.41, 5.74) is -2.43. The van der Waals surface area contributed by atoms with Gasteiger partial charge in [-0.15, -0.1) is 0 Å². The van der Waals surface area contributed by atoms with E-state index in [-0.39, 0.29) is 11.7 Å². The molecule has 1 aromatic heterocycles. The van der Waals surface area contributed by atoms with Crippen molar-refractivity contribution in [1.82, 2.24) is 0 Å². The molecule has 0 fully saturated rings. The van der Waals surface area contributed by atoms with Gasteiger partial charge in [-0.1, -0.05) is 0 Å². The molecule has 4 N–H and O–H groups in total. The van der Waals surface area contributed by atoms with E-state index in [1.165, 1.54) is 0 Å². The third-order valence-corrected chi connectivity index (χ3v) is 9.59. The van der Waals surface area contributed by atoms with E-state index in [1.54, 1.807) is 0 Å². The summed E-state index contributed by atoms with van der Waals surface area (Å²) in [6.07, 6.45) is 2.62. The number of ether oxygens (including phenoxy) is 2. The second kappa shape index (κ2) is 11.1. The summed E-state index contributed by atoms with van der Waals surface area (Å²) in [5, 5.41) is 43.4. The van der Waals surface area contributed by atoms with Crippen LogP contribution in [0, 0.1) is 35.8 Å². The van der Waals surface area contributed by atoms with Crippen LogP contribution in [0.4, 0.5) is 5.88 Å². The Hall–Kier alpha value is -4.55. The average Bonchev–Trinajstić information content (AvgIpc) is 3.58. The highest BCUT2D eigenvalue weighted by molar-refractivity contribution is 7.66. The van der Waals surface area contributed by atoms with Crippen LogP contribution in [-0.2, 0) is 33.4 Å². The molecule has 0 saturated carbocycles. The minimum atomic E-state index is -6.03. The number of furan rings is 1. The highest BCUT2D eigenvalue weighted by Crippen LogP contribution is 2.66.